The lowest BCUT2D eigenvalue weighted by Crippen LogP contribution is -2.59. The Kier molecular flexibility index (Phi) is 7.42. The fraction of sp³-hybridized carbons (Fsp3) is 0.500. The van der Waals surface area contributed by atoms with Crippen LogP contribution in [0, 0.1) is 0 Å². The molecule has 26 heavy (non-hydrogen) atoms. The maximum absolute atomic E-state index is 12.0. The van der Waals surface area contributed by atoms with Crippen LogP contribution in [-0.2, 0) is 25.6 Å². The molecular formula is C18H26N2O6. The summed E-state index contributed by atoms with van der Waals surface area (Å²) in [6, 6.07) is 9.14. The van der Waals surface area contributed by atoms with Crippen LogP contribution in [0.15, 0.2) is 30.3 Å². The van der Waals surface area contributed by atoms with Gasteiger partial charge in [0, 0.05) is 0 Å². The van der Waals surface area contributed by atoms with Crippen molar-refractivity contribution in [3.63, 3.8) is 0 Å². The van der Waals surface area contributed by atoms with E-state index >= 15 is 0 Å². The molecule has 0 aliphatic heterocycles. The van der Waals surface area contributed by atoms with Gasteiger partial charge in [-0.3, -0.25) is 0 Å². The predicted octanol–water partition coefficient (Wildman–Crippen LogP) is 2.37. The highest BCUT2D eigenvalue weighted by molar-refractivity contribution is 5.86. The highest BCUT2D eigenvalue weighted by atomic mass is 16.6. The number of benzene rings is 1. The summed E-state index contributed by atoms with van der Waals surface area (Å²) >= 11 is 0. The lowest BCUT2D eigenvalue weighted by atomic mass is 10.0. The van der Waals surface area contributed by atoms with Crippen LogP contribution in [0.1, 0.15) is 33.3 Å². The van der Waals surface area contributed by atoms with E-state index in [1.54, 1.807) is 20.8 Å². The number of hydrogen-bond donors (Lipinski definition) is 2. The van der Waals surface area contributed by atoms with Crippen molar-refractivity contribution in [2.24, 2.45) is 0 Å². The number of nitrogens with one attached hydrogen (secondary N) is 2. The number of esters is 1. The lowest BCUT2D eigenvalue weighted by molar-refractivity contribution is -0.147. The molecule has 144 valence electrons. The van der Waals surface area contributed by atoms with Gasteiger partial charge in [-0.15, -0.1) is 0 Å². The van der Waals surface area contributed by atoms with Gasteiger partial charge in [0.05, 0.1) is 13.7 Å². The van der Waals surface area contributed by atoms with Gasteiger partial charge in [0.25, 0.3) is 0 Å². The number of carbonyl (C=O) groups is 3. The number of amides is 2. The fourth-order valence-corrected chi connectivity index (χ4v) is 1.94. The molecule has 2 N–H and O–H groups in total. The van der Waals surface area contributed by atoms with E-state index in [2.05, 4.69) is 10.6 Å². The summed E-state index contributed by atoms with van der Waals surface area (Å²) in [5, 5.41) is 4.87. The van der Waals surface area contributed by atoms with E-state index in [1.807, 2.05) is 30.3 Å². The Hall–Kier alpha value is -2.77. The number of carbonyl (C=O) groups excluding carboxylic acids is 3. The third kappa shape index (κ3) is 7.42. The van der Waals surface area contributed by atoms with Crippen LogP contribution in [0.25, 0.3) is 0 Å². The first-order valence-electron chi connectivity index (χ1n) is 8.10. The van der Waals surface area contributed by atoms with Gasteiger partial charge in [0.2, 0.25) is 0 Å². The Morgan fingerprint density at radius 3 is 2.15 bits per heavy atom. The highest BCUT2D eigenvalue weighted by Crippen LogP contribution is 2.11. The smallest absolute Gasteiger partial charge is 0.408 e. The van der Waals surface area contributed by atoms with E-state index in [-0.39, 0.29) is 13.2 Å². The summed E-state index contributed by atoms with van der Waals surface area (Å²) in [5.74, 6) is -0.730. The van der Waals surface area contributed by atoms with Gasteiger partial charge in [0.15, 0.2) is 5.54 Å². The molecule has 0 fully saturated rings. The molecule has 8 heteroatoms. The van der Waals surface area contributed by atoms with Gasteiger partial charge in [-0.05, 0) is 33.3 Å². The summed E-state index contributed by atoms with van der Waals surface area (Å²) in [6.45, 7) is 6.36. The molecule has 0 bridgehead atoms. The van der Waals surface area contributed by atoms with E-state index in [4.69, 9.17) is 14.2 Å². The van der Waals surface area contributed by atoms with Gasteiger partial charge in [0.1, 0.15) is 12.2 Å². The first-order valence-corrected chi connectivity index (χ1v) is 8.10. The van der Waals surface area contributed by atoms with Gasteiger partial charge in [-0.2, -0.15) is 0 Å². The van der Waals surface area contributed by atoms with Crippen molar-refractivity contribution in [2.45, 2.75) is 45.4 Å². The average Bonchev–Trinajstić information content (AvgIpc) is 2.56. The third-order valence-electron chi connectivity index (χ3n) is 3.21. The maximum atomic E-state index is 12.0. The molecule has 1 atom stereocenters. The van der Waals surface area contributed by atoms with Gasteiger partial charge >= 0.3 is 18.2 Å². The van der Waals surface area contributed by atoms with Gasteiger partial charge in [-0.25, -0.2) is 14.4 Å². The van der Waals surface area contributed by atoms with Crippen LogP contribution >= 0.6 is 0 Å². The largest absolute Gasteiger partial charge is 0.467 e. The van der Waals surface area contributed by atoms with Crippen molar-refractivity contribution in [3.8, 4) is 0 Å². The zero-order chi connectivity index (χ0) is 19.8. The van der Waals surface area contributed by atoms with E-state index in [9.17, 15) is 14.4 Å². The van der Waals surface area contributed by atoms with Crippen molar-refractivity contribution in [1.82, 2.24) is 10.6 Å². The predicted molar refractivity (Wildman–Crippen MR) is 94.4 cm³/mol. The Bertz CT molecular complexity index is 626. The Balaban J connectivity index is 2.61. The van der Waals surface area contributed by atoms with E-state index < -0.39 is 29.3 Å². The molecule has 1 aromatic carbocycles. The molecule has 0 saturated carbocycles. The molecule has 0 aliphatic rings. The molecule has 0 saturated heterocycles. The maximum Gasteiger partial charge on any atom is 0.408 e. The molecule has 0 aliphatic carbocycles. The molecule has 0 heterocycles. The van der Waals surface area contributed by atoms with Crippen LogP contribution in [0.3, 0.4) is 0 Å². The monoisotopic (exact) mass is 366 g/mol. The zero-order valence-electron chi connectivity index (χ0n) is 15.8. The molecule has 2 amide bonds. The normalized spacial score (nSPS) is 13.1. The zero-order valence-corrected chi connectivity index (χ0v) is 15.8. The average molecular weight is 366 g/mol. The van der Waals surface area contributed by atoms with Gasteiger partial charge < -0.3 is 24.8 Å². The minimum Gasteiger partial charge on any atom is -0.467 e. The molecule has 0 unspecified atom stereocenters. The molecule has 1 aromatic rings. The van der Waals surface area contributed by atoms with Crippen molar-refractivity contribution >= 4 is 18.2 Å². The summed E-state index contributed by atoms with van der Waals surface area (Å²) in [7, 11) is 1.19. The minimum absolute atomic E-state index is 0.0844. The Morgan fingerprint density at radius 2 is 1.62 bits per heavy atom. The first kappa shape index (κ1) is 21.3. The summed E-state index contributed by atoms with van der Waals surface area (Å²) < 4.78 is 14.9. The van der Waals surface area contributed by atoms with Gasteiger partial charge in [-0.1, -0.05) is 30.3 Å². The SMILES string of the molecule is COC(=O)[C@@](C)(CNC(=O)OCc1ccccc1)NC(=O)OC(C)(C)C. The van der Waals surface area contributed by atoms with Crippen LogP contribution in [0.4, 0.5) is 9.59 Å². The summed E-state index contributed by atoms with van der Waals surface area (Å²) in [4.78, 5) is 35.9. The van der Waals surface area contributed by atoms with Crippen molar-refractivity contribution in [3.05, 3.63) is 35.9 Å². The van der Waals surface area contributed by atoms with Crippen LogP contribution in [-0.4, -0.2) is 43.0 Å². The lowest BCUT2D eigenvalue weighted by Gasteiger charge is -2.29. The number of rotatable bonds is 6. The number of methoxy groups -OCH3 is 1. The quantitative estimate of drug-likeness (QED) is 0.592. The first-order chi connectivity index (χ1) is 12.1. The van der Waals surface area contributed by atoms with E-state index in [0.29, 0.717) is 0 Å². The Labute approximate surface area is 153 Å². The number of alkyl carbamates (subject to hydrolysis) is 2. The molecule has 8 nitrogen and oxygen atoms in total. The third-order valence-corrected chi connectivity index (χ3v) is 3.21. The second-order valence-electron chi connectivity index (χ2n) is 6.87. The number of hydrogen-bond acceptors (Lipinski definition) is 6. The van der Waals surface area contributed by atoms with Crippen molar-refractivity contribution < 1.29 is 28.6 Å². The summed E-state index contributed by atoms with van der Waals surface area (Å²) in [6.07, 6.45) is -1.53. The van der Waals surface area contributed by atoms with E-state index in [0.717, 1.165) is 5.56 Å². The minimum atomic E-state index is -1.51. The van der Waals surface area contributed by atoms with Crippen molar-refractivity contribution in [2.75, 3.05) is 13.7 Å². The molecule has 0 spiro atoms. The second-order valence-corrected chi connectivity index (χ2v) is 6.87. The van der Waals surface area contributed by atoms with Crippen LogP contribution < -0.4 is 10.6 Å². The standard InChI is InChI=1S/C18H26N2O6/c1-17(2,3)26-16(23)20-18(4,14(21)24-5)12-19-15(22)25-11-13-9-7-6-8-10-13/h6-10H,11-12H2,1-5H3,(H,19,22)(H,20,23)/t18-/m1/s1. The molecule has 1 rings (SSSR count). The highest BCUT2D eigenvalue weighted by Gasteiger charge is 2.38. The van der Waals surface area contributed by atoms with Crippen LogP contribution in [0.5, 0.6) is 0 Å². The molecule has 0 aromatic heterocycles. The topological polar surface area (TPSA) is 103 Å². The van der Waals surface area contributed by atoms with Crippen molar-refractivity contribution in [1.29, 1.82) is 0 Å². The summed E-state index contributed by atoms with van der Waals surface area (Å²) in [5.41, 5.74) is -1.42. The number of ether oxygens (including phenoxy) is 3. The second kappa shape index (κ2) is 9.07. The molecule has 0 radical (unpaired) electrons. The Morgan fingerprint density at radius 1 is 1.00 bits per heavy atom. The fourth-order valence-electron chi connectivity index (χ4n) is 1.94. The van der Waals surface area contributed by atoms with E-state index in [1.165, 1.54) is 14.0 Å². The molecular weight excluding hydrogens is 340 g/mol. The van der Waals surface area contributed by atoms with Crippen LogP contribution in [0.2, 0.25) is 0 Å².